The number of rotatable bonds is 2. The third kappa shape index (κ3) is 1.67. The third-order valence-electron chi connectivity index (χ3n) is 1.84. The largest absolute Gasteiger partial charge is 0.389 e. The number of halogens is 1. The van der Waals surface area contributed by atoms with Crippen molar-refractivity contribution in [2.24, 2.45) is 0 Å². The maximum Gasteiger partial charge on any atom is 0.140 e. The predicted molar refractivity (Wildman–Crippen MR) is 37.6 cm³/mol. The summed E-state index contributed by atoms with van der Waals surface area (Å²) in [6, 6.07) is 0. The molecule has 0 radical (unpaired) electrons. The van der Waals surface area contributed by atoms with Crippen LogP contribution in [0.3, 0.4) is 0 Å². The Balaban J connectivity index is 2.27. The first-order valence-corrected chi connectivity index (χ1v) is 3.78. The first-order valence-electron chi connectivity index (χ1n) is 3.78. The Kier molecular flexibility index (Phi) is 2.63. The van der Waals surface area contributed by atoms with Gasteiger partial charge in [-0.05, 0) is 13.0 Å². The minimum absolute atomic E-state index is 0.412. The molecule has 3 heteroatoms. The second-order valence-electron chi connectivity index (χ2n) is 2.84. The van der Waals surface area contributed by atoms with Crippen LogP contribution in [0.1, 0.15) is 13.3 Å². The van der Waals surface area contributed by atoms with Crippen LogP contribution >= 0.6 is 0 Å². The van der Waals surface area contributed by atoms with Crippen LogP contribution in [0, 0.1) is 0 Å². The van der Waals surface area contributed by atoms with E-state index in [-0.39, 0.29) is 0 Å². The van der Waals surface area contributed by atoms with Crippen LogP contribution in [0.25, 0.3) is 0 Å². The molecule has 60 valence electrons. The average Bonchev–Trinajstić information content (AvgIpc) is 2.14. The molecule has 1 aliphatic rings. The van der Waals surface area contributed by atoms with E-state index in [1.165, 1.54) is 0 Å². The smallest absolute Gasteiger partial charge is 0.140 e. The lowest BCUT2D eigenvalue weighted by molar-refractivity contribution is 0.116. The Morgan fingerprint density at radius 3 is 2.70 bits per heavy atom. The summed E-state index contributed by atoms with van der Waals surface area (Å²) in [5.74, 6) is 0. The number of likely N-dealkylation sites (tertiary alicyclic amines) is 1. The molecule has 1 fully saturated rings. The maximum atomic E-state index is 12.6. The van der Waals surface area contributed by atoms with E-state index in [2.05, 4.69) is 6.92 Å². The molecule has 0 amide bonds. The van der Waals surface area contributed by atoms with Gasteiger partial charge in [0.05, 0.1) is 6.10 Å². The molecule has 1 N–H and O–H groups in total. The first-order chi connectivity index (χ1) is 4.74. The van der Waals surface area contributed by atoms with Crippen molar-refractivity contribution in [2.45, 2.75) is 25.6 Å². The quantitative estimate of drug-likeness (QED) is 0.611. The van der Waals surface area contributed by atoms with Crippen LogP contribution < -0.4 is 0 Å². The monoisotopic (exact) mass is 147 g/mol. The fourth-order valence-electron chi connectivity index (χ4n) is 1.32. The molecule has 0 aliphatic carbocycles. The zero-order valence-corrected chi connectivity index (χ0v) is 6.26. The first kappa shape index (κ1) is 7.95. The number of alkyl halides is 1. The van der Waals surface area contributed by atoms with Gasteiger partial charge in [-0.1, -0.05) is 6.92 Å². The summed E-state index contributed by atoms with van der Waals surface area (Å²) in [6.45, 7) is 3.87. The van der Waals surface area contributed by atoms with Crippen molar-refractivity contribution in [1.82, 2.24) is 4.90 Å². The fraction of sp³-hybridized carbons (Fsp3) is 1.00. The van der Waals surface area contributed by atoms with Gasteiger partial charge < -0.3 is 5.11 Å². The standard InChI is InChI=1S/C7H14FNO/c1-2-3-9-4-6(8)7(10)5-9/h6-7,10H,2-5H2,1H3/t6-,7+/m1/s1. The Morgan fingerprint density at radius 2 is 2.30 bits per heavy atom. The lowest BCUT2D eigenvalue weighted by Crippen LogP contribution is -2.22. The van der Waals surface area contributed by atoms with Crippen molar-refractivity contribution in [2.75, 3.05) is 19.6 Å². The zero-order chi connectivity index (χ0) is 7.56. The normalized spacial score (nSPS) is 35.1. The molecule has 0 saturated carbocycles. The molecule has 0 bridgehead atoms. The summed E-state index contributed by atoms with van der Waals surface area (Å²) in [6.07, 6.45) is -0.738. The number of hydrogen-bond acceptors (Lipinski definition) is 2. The van der Waals surface area contributed by atoms with Crippen LogP contribution in [-0.4, -0.2) is 41.9 Å². The molecule has 1 heterocycles. The molecule has 2 nitrogen and oxygen atoms in total. The highest BCUT2D eigenvalue weighted by molar-refractivity contribution is 4.82. The highest BCUT2D eigenvalue weighted by Gasteiger charge is 2.29. The molecular formula is C7H14FNO. The molecule has 0 aromatic rings. The van der Waals surface area contributed by atoms with E-state index in [1.807, 2.05) is 4.90 Å². The number of β-amino-alcohol motifs (C(OH)–C–C–N with tert-alkyl or cyclic N) is 1. The van der Waals surface area contributed by atoms with Gasteiger partial charge in [0.1, 0.15) is 6.17 Å². The molecule has 1 saturated heterocycles. The van der Waals surface area contributed by atoms with E-state index in [1.54, 1.807) is 0 Å². The summed E-state index contributed by atoms with van der Waals surface area (Å²) in [4.78, 5) is 1.95. The highest BCUT2D eigenvalue weighted by Crippen LogP contribution is 2.12. The molecular weight excluding hydrogens is 133 g/mol. The second-order valence-corrected chi connectivity index (χ2v) is 2.84. The van der Waals surface area contributed by atoms with E-state index in [9.17, 15) is 4.39 Å². The topological polar surface area (TPSA) is 23.5 Å². The highest BCUT2D eigenvalue weighted by atomic mass is 19.1. The minimum atomic E-state index is -1.02. The summed E-state index contributed by atoms with van der Waals surface area (Å²) >= 11 is 0. The van der Waals surface area contributed by atoms with Gasteiger partial charge in [-0.3, -0.25) is 4.90 Å². The molecule has 0 unspecified atom stereocenters. The van der Waals surface area contributed by atoms with Crippen LogP contribution in [0.15, 0.2) is 0 Å². The number of aliphatic hydroxyl groups excluding tert-OH is 1. The van der Waals surface area contributed by atoms with Crippen molar-refractivity contribution in [3.05, 3.63) is 0 Å². The molecule has 1 aliphatic heterocycles. The van der Waals surface area contributed by atoms with E-state index in [0.29, 0.717) is 13.1 Å². The Morgan fingerprint density at radius 1 is 1.60 bits per heavy atom. The van der Waals surface area contributed by atoms with Crippen molar-refractivity contribution in [3.63, 3.8) is 0 Å². The summed E-state index contributed by atoms with van der Waals surface area (Å²) in [5.41, 5.74) is 0. The molecule has 0 aromatic carbocycles. The zero-order valence-electron chi connectivity index (χ0n) is 6.26. The van der Waals surface area contributed by atoms with Crippen molar-refractivity contribution in [1.29, 1.82) is 0 Å². The van der Waals surface area contributed by atoms with Gasteiger partial charge >= 0.3 is 0 Å². The van der Waals surface area contributed by atoms with Gasteiger partial charge in [-0.2, -0.15) is 0 Å². The van der Waals surface area contributed by atoms with Gasteiger partial charge in [0.2, 0.25) is 0 Å². The van der Waals surface area contributed by atoms with Crippen LogP contribution in [-0.2, 0) is 0 Å². The molecule has 1 rings (SSSR count). The van der Waals surface area contributed by atoms with Crippen LogP contribution in [0.4, 0.5) is 4.39 Å². The van der Waals surface area contributed by atoms with E-state index in [4.69, 9.17) is 5.11 Å². The Bertz CT molecular complexity index is 99.8. The van der Waals surface area contributed by atoms with Gasteiger partial charge in [-0.15, -0.1) is 0 Å². The fourth-order valence-corrected chi connectivity index (χ4v) is 1.32. The van der Waals surface area contributed by atoms with Gasteiger partial charge in [0, 0.05) is 13.1 Å². The van der Waals surface area contributed by atoms with Crippen LogP contribution in [0.5, 0.6) is 0 Å². The van der Waals surface area contributed by atoms with E-state index in [0.717, 1.165) is 13.0 Å². The average molecular weight is 147 g/mol. The summed E-state index contributed by atoms with van der Waals surface area (Å²) < 4.78 is 12.6. The van der Waals surface area contributed by atoms with Gasteiger partial charge in [-0.25, -0.2) is 4.39 Å². The molecule has 0 spiro atoms. The third-order valence-corrected chi connectivity index (χ3v) is 1.84. The SMILES string of the molecule is CCCN1C[C@@H](F)[C@@H](O)C1. The van der Waals surface area contributed by atoms with Crippen molar-refractivity contribution in [3.8, 4) is 0 Å². The lowest BCUT2D eigenvalue weighted by atomic mass is 10.3. The Hall–Kier alpha value is -0.150. The van der Waals surface area contributed by atoms with Crippen LogP contribution in [0.2, 0.25) is 0 Å². The number of nitrogens with zero attached hydrogens (tertiary/aromatic N) is 1. The Labute approximate surface area is 60.6 Å². The maximum absolute atomic E-state index is 12.6. The molecule has 2 atom stereocenters. The van der Waals surface area contributed by atoms with Gasteiger partial charge in [0.15, 0.2) is 0 Å². The second kappa shape index (κ2) is 3.30. The van der Waals surface area contributed by atoms with Crippen molar-refractivity contribution < 1.29 is 9.50 Å². The van der Waals surface area contributed by atoms with E-state index < -0.39 is 12.3 Å². The van der Waals surface area contributed by atoms with Gasteiger partial charge in [0.25, 0.3) is 0 Å². The molecule has 0 aromatic heterocycles. The number of aliphatic hydroxyl groups is 1. The van der Waals surface area contributed by atoms with Crippen molar-refractivity contribution >= 4 is 0 Å². The summed E-state index contributed by atoms with van der Waals surface area (Å²) in [7, 11) is 0. The number of hydrogen-bond donors (Lipinski definition) is 1. The van der Waals surface area contributed by atoms with E-state index >= 15 is 0 Å². The lowest BCUT2D eigenvalue weighted by Gasteiger charge is -2.11. The minimum Gasteiger partial charge on any atom is -0.389 e. The molecule has 10 heavy (non-hydrogen) atoms. The summed E-state index contributed by atoms with van der Waals surface area (Å²) in [5, 5.41) is 8.98. The predicted octanol–water partition coefficient (Wildman–Crippen LogP) is 0.411.